The number of phenols is 2. The molecule has 1 aliphatic heterocycles. The lowest BCUT2D eigenvalue weighted by Crippen LogP contribution is -2.19. The van der Waals surface area contributed by atoms with Crippen molar-refractivity contribution in [3.05, 3.63) is 63.0 Å². The molecule has 1 aliphatic rings. The van der Waals surface area contributed by atoms with E-state index in [1.54, 1.807) is 6.07 Å². The minimum Gasteiger partial charge on any atom is -0.504 e. The number of benzene rings is 2. The second-order valence-corrected chi connectivity index (χ2v) is 6.01. The van der Waals surface area contributed by atoms with Crippen LogP contribution in [0.15, 0.2) is 52.4 Å². The number of para-hydroxylation sites is 2. The number of nitro groups is 1. The molecule has 1 fully saturated rings. The molecule has 25 heavy (non-hydrogen) atoms. The van der Waals surface area contributed by atoms with Crippen LogP contribution in [0.1, 0.15) is 5.56 Å². The van der Waals surface area contributed by atoms with Gasteiger partial charge in [-0.1, -0.05) is 18.2 Å². The predicted octanol–water partition coefficient (Wildman–Crippen LogP) is 2.90. The van der Waals surface area contributed by atoms with E-state index in [0.717, 1.165) is 11.8 Å². The van der Waals surface area contributed by atoms with Gasteiger partial charge in [0.1, 0.15) is 5.69 Å². The van der Waals surface area contributed by atoms with Crippen molar-refractivity contribution in [3.8, 4) is 11.5 Å². The molecule has 0 unspecified atom stereocenters. The van der Waals surface area contributed by atoms with Crippen LogP contribution < -0.4 is 5.32 Å². The number of amidine groups is 1. The second-order valence-electron chi connectivity index (χ2n) is 4.98. The quantitative estimate of drug-likeness (QED) is 0.336. The van der Waals surface area contributed by atoms with Gasteiger partial charge in [0.25, 0.3) is 11.6 Å². The number of nitrogens with zero attached hydrogens (tertiary/aromatic N) is 2. The fraction of sp³-hybridized carbons (Fsp3) is 0. The molecule has 9 heteroatoms. The lowest BCUT2D eigenvalue weighted by atomic mass is 10.2. The van der Waals surface area contributed by atoms with Gasteiger partial charge >= 0.3 is 0 Å². The van der Waals surface area contributed by atoms with Crippen molar-refractivity contribution in [1.82, 2.24) is 5.32 Å². The minimum atomic E-state index is -0.545. The summed E-state index contributed by atoms with van der Waals surface area (Å²) in [5.74, 6) is -0.967. The molecule has 8 nitrogen and oxygen atoms in total. The van der Waals surface area contributed by atoms with Gasteiger partial charge in [-0.3, -0.25) is 14.9 Å². The summed E-state index contributed by atoms with van der Waals surface area (Å²) in [5, 5.41) is 32.6. The Morgan fingerprint density at radius 2 is 1.92 bits per heavy atom. The Balaban J connectivity index is 1.89. The summed E-state index contributed by atoms with van der Waals surface area (Å²) < 4.78 is 0. The summed E-state index contributed by atoms with van der Waals surface area (Å²) in [5.41, 5.74) is 0.490. The average Bonchev–Trinajstić information content (AvgIpc) is 2.90. The predicted molar refractivity (Wildman–Crippen MR) is 93.7 cm³/mol. The van der Waals surface area contributed by atoms with Crippen LogP contribution >= 0.6 is 11.8 Å². The number of aliphatic imine (C=N–C) groups is 1. The van der Waals surface area contributed by atoms with Gasteiger partial charge in [-0.2, -0.15) is 0 Å². The molecule has 0 radical (unpaired) electrons. The Morgan fingerprint density at radius 3 is 2.64 bits per heavy atom. The Kier molecular flexibility index (Phi) is 4.40. The summed E-state index contributed by atoms with van der Waals surface area (Å²) >= 11 is 1.02. The van der Waals surface area contributed by atoms with E-state index in [-0.39, 0.29) is 28.0 Å². The van der Waals surface area contributed by atoms with Crippen molar-refractivity contribution in [2.24, 2.45) is 4.99 Å². The van der Waals surface area contributed by atoms with Crippen LogP contribution in [-0.2, 0) is 4.79 Å². The van der Waals surface area contributed by atoms with Crippen LogP contribution in [0.3, 0.4) is 0 Å². The van der Waals surface area contributed by atoms with Gasteiger partial charge in [0, 0.05) is 6.07 Å². The first-order chi connectivity index (χ1) is 11.9. The van der Waals surface area contributed by atoms with Crippen LogP contribution in [-0.4, -0.2) is 26.2 Å². The largest absolute Gasteiger partial charge is 0.504 e. The molecule has 2 aromatic rings. The number of carbonyl (C=O) groups is 1. The van der Waals surface area contributed by atoms with Crippen molar-refractivity contribution in [2.75, 3.05) is 0 Å². The molecule has 0 saturated carbocycles. The fourth-order valence-corrected chi connectivity index (χ4v) is 2.92. The van der Waals surface area contributed by atoms with Crippen molar-refractivity contribution in [3.63, 3.8) is 0 Å². The molecular weight excluding hydrogens is 346 g/mol. The maximum absolute atomic E-state index is 12.0. The van der Waals surface area contributed by atoms with E-state index in [4.69, 9.17) is 0 Å². The van der Waals surface area contributed by atoms with Crippen LogP contribution in [0.25, 0.3) is 6.08 Å². The summed E-state index contributed by atoms with van der Waals surface area (Å²) in [6, 6.07) is 10.1. The maximum Gasteiger partial charge on any atom is 0.294 e. The van der Waals surface area contributed by atoms with Gasteiger partial charge in [-0.25, -0.2) is 4.99 Å². The third-order valence-corrected chi connectivity index (χ3v) is 4.16. The average molecular weight is 357 g/mol. The zero-order chi connectivity index (χ0) is 18.0. The molecular formula is C16H11N3O5S. The van der Waals surface area contributed by atoms with E-state index in [2.05, 4.69) is 10.3 Å². The maximum atomic E-state index is 12.0. The third kappa shape index (κ3) is 3.61. The summed E-state index contributed by atoms with van der Waals surface area (Å²) in [6.45, 7) is 0. The van der Waals surface area contributed by atoms with E-state index in [1.807, 2.05) is 0 Å². The molecule has 3 rings (SSSR count). The monoisotopic (exact) mass is 357 g/mol. The highest BCUT2D eigenvalue weighted by molar-refractivity contribution is 8.18. The third-order valence-electron chi connectivity index (χ3n) is 3.25. The van der Waals surface area contributed by atoms with Crippen molar-refractivity contribution < 1.29 is 19.9 Å². The number of hydrogen-bond acceptors (Lipinski definition) is 7. The number of nitrogens with one attached hydrogen (secondary N) is 1. The molecule has 1 saturated heterocycles. The Hall–Kier alpha value is -3.33. The van der Waals surface area contributed by atoms with Crippen LogP contribution in [0.5, 0.6) is 11.5 Å². The second kappa shape index (κ2) is 6.65. The molecule has 3 N–H and O–H groups in total. The summed E-state index contributed by atoms with van der Waals surface area (Å²) in [4.78, 5) is 26.9. The van der Waals surface area contributed by atoms with E-state index < -0.39 is 10.8 Å². The molecule has 1 amide bonds. The smallest absolute Gasteiger partial charge is 0.294 e. The van der Waals surface area contributed by atoms with Gasteiger partial charge in [-0.15, -0.1) is 0 Å². The Morgan fingerprint density at radius 1 is 1.16 bits per heavy atom. The topological polar surface area (TPSA) is 125 Å². The number of aromatic hydroxyl groups is 2. The number of thioether (sulfide) groups is 1. The van der Waals surface area contributed by atoms with Gasteiger partial charge in [-0.05, 0) is 41.6 Å². The van der Waals surface area contributed by atoms with Crippen LogP contribution in [0.4, 0.5) is 11.4 Å². The van der Waals surface area contributed by atoms with Crippen molar-refractivity contribution >= 4 is 40.3 Å². The van der Waals surface area contributed by atoms with Crippen molar-refractivity contribution in [2.45, 2.75) is 0 Å². The van der Waals surface area contributed by atoms with Gasteiger partial charge in [0.2, 0.25) is 0 Å². The number of nitro benzene ring substituents is 1. The molecule has 0 bridgehead atoms. The molecule has 2 aromatic carbocycles. The molecule has 126 valence electrons. The van der Waals surface area contributed by atoms with E-state index in [9.17, 15) is 25.1 Å². The zero-order valence-electron chi connectivity index (χ0n) is 12.5. The Bertz CT molecular complexity index is 939. The van der Waals surface area contributed by atoms with E-state index >= 15 is 0 Å². The van der Waals surface area contributed by atoms with Gasteiger partial charge < -0.3 is 15.5 Å². The number of rotatable bonds is 3. The van der Waals surface area contributed by atoms with Crippen molar-refractivity contribution in [1.29, 1.82) is 0 Å². The lowest BCUT2D eigenvalue weighted by molar-refractivity contribution is -0.384. The summed E-state index contributed by atoms with van der Waals surface area (Å²) in [6.07, 6.45) is 1.51. The lowest BCUT2D eigenvalue weighted by Gasteiger charge is -1.99. The van der Waals surface area contributed by atoms with Crippen LogP contribution in [0, 0.1) is 10.1 Å². The molecule has 0 atom stereocenters. The van der Waals surface area contributed by atoms with E-state index in [1.165, 1.54) is 42.5 Å². The number of hydrogen-bond donors (Lipinski definition) is 3. The highest BCUT2D eigenvalue weighted by atomic mass is 32.2. The Labute approximate surface area is 145 Å². The molecule has 0 aliphatic carbocycles. The number of phenolic OH excluding ortho intramolecular Hbond substituents is 2. The summed E-state index contributed by atoms with van der Waals surface area (Å²) in [7, 11) is 0. The van der Waals surface area contributed by atoms with Crippen LogP contribution in [0.2, 0.25) is 0 Å². The standard InChI is InChI=1S/C16H11N3O5S/c20-12-6-5-9(7-13(12)21)8-14-15(22)18-16(25-14)17-10-3-1-2-4-11(10)19(23)24/h1-8,20-21H,(H,17,18,22)/b14-8-. The van der Waals surface area contributed by atoms with Gasteiger partial charge in [0.15, 0.2) is 16.7 Å². The molecule has 1 heterocycles. The van der Waals surface area contributed by atoms with Gasteiger partial charge in [0.05, 0.1) is 9.83 Å². The molecule has 0 aromatic heterocycles. The number of amides is 1. The number of carbonyl (C=O) groups excluding carboxylic acids is 1. The first-order valence-corrected chi connectivity index (χ1v) is 7.80. The first kappa shape index (κ1) is 16.5. The minimum absolute atomic E-state index is 0.138. The molecule has 0 spiro atoms. The van der Waals surface area contributed by atoms with E-state index in [0.29, 0.717) is 10.5 Å². The highest BCUT2D eigenvalue weighted by Gasteiger charge is 2.25. The zero-order valence-corrected chi connectivity index (χ0v) is 13.4. The SMILES string of the molecule is O=C1NC(=Nc2ccccc2[N+](=O)[O-])S/C1=C\c1ccc(O)c(O)c1. The fourth-order valence-electron chi connectivity index (χ4n) is 2.08. The first-order valence-electron chi connectivity index (χ1n) is 6.99. The normalized spacial score (nSPS) is 17.0. The highest BCUT2D eigenvalue weighted by Crippen LogP contribution is 2.33.